The Kier molecular flexibility index (Phi) is 4.82. The number of hydrogen-bond acceptors (Lipinski definition) is 1. The number of benzene rings is 1. The Labute approximate surface area is 105 Å². The zero-order chi connectivity index (χ0) is 10.8. The van der Waals surface area contributed by atoms with Gasteiger partial charge in [0.2, 0.25) is 0 Å². The summed E-state index contributed by atoms with van der Waals surface area (Å²) in [5.41, 5.74) is 4.34. The zero-order valence-electron chi connectivity index (χ0n) is 10.4. The lowest BCUT2D eigenvalue weighted by Crippen LogP contribution is -2.39. The van der Waals surface area contributed by atoms with Crippen LogP contribution in [0.5, 0.6) is 0 Å². The van der Waals surface area contributed by atoms with Gasteiger partial charge in [-0.1, -0.05) is 36.2 Å². The first-order chi connectivity index (χ1) is 7.19. The lowest BCUT2D eigenvalue weighted by Gasteiger charge is -2.36. The van der Waals surface area contributed by atoms with E-state index in [9.17, 15) is 0 Å². The Morgan fingerprint density at radius 2 is 1.69 bits per heavy atom. The van der Waals surface area contributed by atoms with Crippen LogP contribution in [0, 0.1) is 13.8 Å². The SMILES string of the molecule is CCNC1CC(c2cc(C)cc(C)c2)C1.Cl. The first kappa shape index (κ1) is 13.5. The third kappa shape index (κ3) is 2.99. The van der Waals surface area contributed by atoms with Gasteiger partial charge in [0.15, 0.2) is 0 Å². The predicted octanol–water partition coefficient (Wildman–Crippen LogP) is 3.58. The van der Waals surface area contributed by atoms with E-state index >= 15 is 0 Å². The lowest BCUT2D eigenvalue weighted by molar-refractivity contribution is 0.296. The van der Waals surface area contributed by atoms with Crippen LogP contribution in [0.25, 0.3) is 0 Å². The van der Waals surface area contributed by atoms with Gasteiger partial charge < -0.3 is 5.32 Å². The normalized spacial score (nSPS) is 23.4. The van der Waals surface area contributed by atoms with Crippen LogP contribution < -0.4 is 5.32 Å². The van der Waals surface area contributed by atoms with Crippen molar-refractivity contribution in [3.63, 3.8) is 0 Å². The minimum absolute atomic E-state index is 0. The Morgan fingerprint density at radius 1 is 1.12 bits per heavy atom. The zero-order valence-corrected chi connectivity index (χ0v) is 11.2. The second kappa shape index (κ2) is 5.70. The van der Waals surface area contributed by atoms with Gasteiger partial charge in [-0.15, -0.1) is 12.4 Å². The summed E-state index contributed by atoms with van der Waals surface area (Å²) < 4.78 is 0. The van der Waals surface area contributed by atoms with Gasteiger partial charge in [-0.05, 0) is 44.7 Å². The highest BCUT2D eigenvalue weighted by atomic mass is 35.5. The molecule has 0 unspecified atom stereocenters. The number of hydrogen-bond donors (Lipinski definition) is 1. The van der Waals surface area contributed by atoms with Crippen LogP contribution in [0.15, 0.2) is 18.2 Å². The Balaban J connectivity index is 0.00000128. The molecule has 0 radical (unpaired) electrons. The first-order valence-corrected chi connectivity index (χ1v) is 6.00. The van der Waals surface area contributed by atoms with E-state index in [0.717, 1.165) is 18.5 Å². The van der Waals surface area contributed by atoms with Gasteiger partial charge in [-0.25, -0.2) is 0 Å². The van der Waals surface area contributed by atoms with Crippen LogP contribution in [-0.4, -0.2) is 12.6 Å². The summed E-state index contributed by atoms with van der Waals surface area (Å²) in [6, 6.07) is 7.71. The first-order valence-electron chi connectivity index (χ1n) is 6.00. The minimum atomic E-state index is 0. The van der Waals surface area contributed by atoms with Gasteiger partial charge in [0.05, 0.1) is 0 Å². The van der Waals surface area contributed by atoms with Gasteiger partial charge >= 0.3 is 0 Å². The molecule has 0 bridgehead atoms. The molecule has 1 nitrogen and oxygen atoms in total. The van der Waals surface area contributed by atoms with E-state index < -0.39 is 0 Å². The van der Waals surface area contributed by atoms with Crippen molar-refractivity contribution in [2.75, 3.05) is 6.54 Å². The van der Waals surface area contributed by atoms with Crippen molar-refractivity contribution in [2.45, 2.75) is 45.6 Å². The molecule has 2 rings (SSSR count). The molecule has 90 valence electrons. The maximum Gasteiger partial charge on any atom is 0.00786 e. The maximum absolute atomic E-state index is 3.51. The van der Waals surface area contributed by atoms with Crippen LogP contribution in [0.4, 0.5) is 0 Å². The van der Waals surface area contributed by atoms with E-state index in [0.29, 0.717) is 0 Å². The molecule has 0 aliphatic heterocycles. The maximum atomic E-state index is 3.51. The summed E-state index contributed by atoms with van der Waals surface area (Å²) in [4.78, 5) is 0. The molecule has 0 aromatic heterocycles. The molecule has 1 saturated carbocycles. The highest BCUT2D eigenvalue weighted by Crippen LogP contribution is 2.37. The fourth-order valence-corrected chi connectivity index (χ4v) is 2.59. The smallest absolute Gasteiger partial charge is 0.00786 e. The van der Waals surface area contributed by atoms with Gasteiger partial charge in [0, 0.05) is 6.04 Å². The topological polar surface area (TPSA) is 12.0 Å². The van der Waals surface area contributed by atoms with Gasteiger partial charge in [0.1, 0.15) is 0 Å². The van der Waals surface area contributed by atoms with Crippen molar-refractivity contribution in [3.05, 3.63) is 34.9 Å². The lowest BCUT2D eigenvalue weighted by atomic mass is 9.75. The van der Waals surface area contributed by atoms with Crippen molar-refractivity contribution >= 4 is 12.4 Å². The summed E-state index contributed by atoms with van der Waals surface area (Å²) in [6.07, 6.45) is 2.63. The molecular formula is C14H22ClN. The quantitative estimate of drug-likeness (QED) is 0.850. The highest BCUT2D eigenvalue weighted by Gasteiger charge is 2.29. The summed E-state index contributed by atoms with van der Waals surface area (Å²) in [5.74, 6) is 0.799. The Morgan fingerprint density at radius 3 is 2.19 bits per heavy atom. The fourth-order valence-electron chi connectivity index (χ4n) is 2.59. The molecule has 2 heteroatoms. The van der Waals surface area contributed by atoms with E-state index in [-0.39, 0.29) is 12.4 Å². The van der Waals surface area contributed by atoms with Crippen LogP contribution >= 0.6 is 12.4 Å². The van der Waals surface area contributed by atoms with Crippen LogP contribution in [0.1, 0.15) is 42.4 Å². The van der Waals surface area contributed by atoms with Crippen molar-refractivity contribution in [3.8, 4) is 0 Å². The van der Waals surface area contributed by atoms with Gasteiger partial charge in [-0.2, -0.15) is 0 Å². The average molecular weight is 240 g/mol. The predicted molar refractivity (Wildman–Crippen MR) is 72.6 cm³/mol. The molecule has 16 heavy (non-hydrogen) atoms. The van der Waals surface area contributed by atoms with E-state index in [1.165, 1.54) is 24.0 Å². The van der Waals surface area contributed by atoms with Gasteiger partial charge in [0.25, 0.3) is 0 Å². The van der Waals surface area contributed by atoms with Gasteiger partial charge in [-0.3, -0.25) is 0 Å². The second-order valence-corrected chi connectivity index (χ2v) is 4.84. The number of nitrogens with one attached hydrogen (secondary N) is 1. The fraction of sp³-hybridized carbons (Fsp3) is 0.571. The Hall–Kier alpha value is -0.530. The third-order valence-electron chi connectivity index (χ3n) is 3.35. The van der Waals surface area contributed by atoms with E-state index in [1.54, 1.807) is 5.56 Å². The highest BCUT2D eigenvalue weighted by molar-refractivity contribution is 5.85. The number of rotatable bonds is 3. The Bertz CT molecular complexity index is 322. The summed E-state index contributed by atoms with van der Waals surface area (Å²) in [7, 11) is 0. The van der Waals surface area contributed by atoms with Crippen LogP contribution in [0.3, 0.4) is 0 Å². The molecule has 1 aliphatic carbocycles. The van der Waals surface area contributed by atoms with E-state index in [2.05, 4.69) is 44.3 Å². The van der Waals surface area contributed by atoms with Crippen molar-refractivity contribution in [1.82, 2.24) is 5.32 Å². The molecule has 1 aromatic carbocycles. The average Bonchev–Trinajstić information content (AvgIpc) is 2.08. The molecule has 1 N–H and O–H groups in total. The second-order valence-electron chi connectivity index (χ2n) is 4.84. The van der Waals surface area contributed by atoms with Crippen molar-refractivity contribution in [2.24, 2.45) is 0 Å². The summed E-state index contributed by atoms with van der Waals surface area (Å²) >= 11 is 0. The molecule has 0 amide bonds. The largest absolute Gasteiger partial charge is 0.314 e. The molecule has 1 aliphatic rings. The van der Waals surface area contributed by atoms with Crippen LogP contribution in [-0.2, 0) is 0 Å². The molecule has 0 spiro atoms. The molecule has 1 aromatic rings. The van der Waals surface area contributed by atoms with Crippen LogP contribution in [0.2, 0.25) is 0 Å². The summed E-state index contributed by atoms with van der Waals surface area (Å²) in [5, 5.41) is 3.51. The number of halogens is 1. The van der Waals surface area contributed by atoms with Crippen molar-refractivity contribution in [1.29, 1.82) is 0 Å². The van der Waals surface area contributed by atoms with E-state index in [4.69, 9.17) is 0 Å². The molecule has 0 saturated heterocycles. The van der Waals surface area contributed by atoms with Crippen molar-refractivity contribution < 1.29 is 0 Å². The summed E-state index contributed by atoms with van der Waals surface area (Å²) in [6.45, 7) is 7.67. The molecular weight excluding hydrogens is 218 g/mol. The standard InChI is InChI=1S/C14H21N.ClH/c1-4-15-14-8-13(9-14)12-6-10(2)5-11(3)7-12;/h5-7,13-15H,4,8-9H2,1-3H3;1H. The minimum Gasteiger partial charge on any atom is -0.314 e. The molecule has 1 fully saturated rings. The third-order valence-corrected chi connectivity index (χ3v) is 3.35. The molecule has 0 atom stereocenters. The number of aryl methyl sites for hydroxylation is 2. The van der Waals surface area contributed by atoms with E-state index in [1.807, 2.05) is 0 Å². The molecule has 0 heterocycles. The monoisotopic (exact) mass is 239 g/mol.